The molecule has 0 bridgehead atoms. The second-order valence-electron chi connectivity index (χ2n) is 15.6. The van der Waals surface area contributed by atoms with Crippen molar-refractivity contribution in [3.8, 4) is 0 Å². The van der Waals surface area contributed by atoms with Crippen LogP contribution in [0.1, 0.15) is 169 Å². The third-order valence-electron chi connectivity index (χ3n) is 9.54. The molecule has 0 aliphatic carbocycles. The molecule has 0 rings (SSSR count). The molecule has 0 amide bonds. The standard InChI is InChI=1S/C14H31N.C12H28N2O.C7H15Br.C7H17N/c1-7-12(5)13(6)10-15-14(8-2)9-11(3)4;1-5-10(4)12(13)7-14-11(8-15)6-9(2)3;1-4-6(3)7(8)5-2;1-4-7(8)5-6(2)3/h11-15H,7-10H2,1-6H3;9-12,14-15H,5-8,13H2,1-4H3;6-7H,4-5H2,1-3H3;6-7H,4-5,8H2,1-3H3. The Bertz CT molecular complexity index is 550. The minimum Gasteiger partial charge on any atom is -0.395 e. The van der Waals surface area contributed by atoms with Gasteiger partial charge < -0.3 is 27.2 Å². The molecule has 5 nitrogen and oxygen atoms in total. The Hall–Kier alpha value is 0.280. The summed E-state index contributed by atoms with van der Waals surface area (Å²) >= 11 is 3.60. The zero-order valence-corrected chi connectivity index (χ0v) is 36.0. The number of nitrogens with one attached hydrogen (secondary N) is 2. The smallest absolute Gasteiger partial charge is 0.0584 e. The zero-order chi connectivity index (χ0) is 36.8. The molecule has 0 saturated heterocycles. The molecule has 46 heavy (non-hydrogen) atoms. The summed E-state index contributed by atoms with van der Waals surface area (Å²) < 4.78 is 0. The van der Waals surface area contributed by atoms with Crippen LogP contribution in [-0.2, 0) is 0 Å². The molecule has 0 fully saturated rings. The SMILES string of the molecule is CCC(C)C(Br)CC.CCC(C)C(N)CNC(CO)CC(C)C.CCC(CC(C)C)NCC(C)C(C)CC.CCC(N)CC(C)C. The van der Waals surface area contributed by atoms with Crippen molar-refractivity contribution >= 4 is 15.9 Å². The molecular formula is C40H91BrN4O. The number of nitrogens with two attached hydrogens (primary N) is 2. The Balaban J connectivity index is -0.000000267. The quantitative estimate of drug-likeness (QED) is 0.0717. The average molecular weight is 724 g/mol. The van der Waals surface area contributed by atoms with E-state index in [0.717, 1.165) is 72.7 Å². The number of halogens is 1. The molecular weight excluding hydrogens is 632 g/mol. The van der Waals surface area contributed by atoms with E-state index in [-0.39, 0.29) is 18.7 Å². The van der Waals surface area contributed by atoms with E-state index in [1.54, 1.807) is 0 Å². The lowest BCUT2D eigenvalue weighted by Gasteiger charge is -2.24. The van der Waals surface area contributed by atoms with Gasteiger partial charge in [0.15, 0.2) is 0 Å². The summed E-state index contributed by atoms with van der Waals surface area (Å²) in [7, 11) is 0. The van der Waals surface area contributed by atoms with Gasteiger partial charge in [-0.2, -0.15) is 0 Å². The summed E-state index contributed by atoms with van der Waals surface area (Å²) in [5.74, 6) is 5.18. The van der Waals surface area contributed by atoms with E-state index >= 15 is 0 Å². The topological polar surface area (TPSA) is 96.3 Å². The van der Waals surface area contributed by atoms with Crippen molar-refractivity contribution in [3.63, 3.8) is 0 Å². The number of aliphatic hydroxyl groups excluding tert-OH is 1. The van der Waals surface area contributed by atoms with Gasteiger partial charge in [-0.3, -0.25) is 0 Å². The molecule has 0 aromatic heterocycles. The fourth-order valence-electron chi connectivity index (χ4n) is 4.95. The predicted octanol–water partition coefficient (Wildman–Crippen LogP) is 10.4. The van der Waals surface area contributed by atoms with Gasteiger partial charge >= 0.3 is 0 Å². The van der Waals surface area contributed by atoms with Gasteiger partial charge in [-0.1, -0.05) is 146 Å². The highest BCUT2D eigenvalue weighted by Gasteiger charge is 2.15. The number of rotatable bonds is 22. The van der Waals surface area contributed by atoms with E-state index in [0.29, 0.717) is 17.9 Å². The van der Waals surface area contributed by atoms with Crippen LogP contribution in [-0.4, -0.2) is 53.8 Å². The van der Waals surface area contributed by atoms with E-state index in [4.69, 9.17) is 11.5 Å². The van der Waals surface area contributed by atoms with Crippen molar-refractivity contribution in [2.24, 2.45) is 52.9 Å². The Morgan fingerprint density at radius 2 is 0.935 bits per heavy atom. The van der Waals surface area contributed by atoms with Crippen LogP contribution >= 0.6 is 15.9 Å². The molecule has 284 valence electrons. The van der Waals surface area contributed by atoms with Crippen molar-refractivity contribution in [1.82, 2.24) is 10.6 Å². The van der Waals surface area contributed by atoms with Crippen LogP contribution in [0, 0.1) is 41.4 Å². The third kappa shape index (κ3) is 35.6. The molecule has 0 aliphatic rings. The van der Waals surface area contributed by atoms with Gasteiger partial charge in [0, 0.05) is 35.5 Å². The minimum absolute atomic E-state index is 0.191. The van der Waals surface area contributed by atoms with Crippen molar-refractivity contribution in [2.45, 2.75) is 198 Å². The van der Waals surface area contributed by atoms with Crippen LogP contribution < -0.4 is 22.1 Å². The average Bonchev–Trinajstić information content (AvgIpc) is 3.02. The minimum atomic E-state index is 0.191. The first-order valence-corrected chi connectivity index (χ1v) is 20.5. The maximum absolute atomic E-state index is 9.18. The monoisotopic (exact) mass is 723 g/mol. The van der Waals surface area contributed by atoms with Crippen LogP contribution in [0.3, 0.4) is 0 Å². The molecule has 0 spiro atoms. The maximum Gasteiger partial charge on any atom is 0.0584 e. The molecule has 0 aromatic carbocycles. The molecule has 6 heteroatoms. The number of alkyl halides is 1. The van der Waals surface area contributed by atoms with Gasteiger partial charge in [-0.25, -0.2) is 0 Å². The van der Waals surface area contributed by atoms with Gasteiger partial charge in [-0.15, -0.1) is 0 Å². The summed E-state index contributed by atoms with van der Waals surface area (Å²) in [6, 6.07) is 1.53. The number of hydrogen-bond acceptors (Lipinski definition) is 5. The zero-order valence-electron chi connectivity index (χ0n) is 34.4. The van der Waals surface area contributed by atoms with Crippen LogP contribution in [0.25, 0.3) is 0 Å². The highest BCUT2D eigenvalue weighted by molar-refractivity contribution is 9.09. The molecule has 7 N–H and O–H groups in total. The van der Waals surface area contributed by atoms with Gasteiger partial charge in [0.1, 0.15) is 0 Å². The number of hydrogen-bond donors (Lipinski definition) is 5. The lowest BCUT2D eigenvalue weighted by atomic mass is 9.93. The summed E-state index contributed by atoms with van der Waals surface area (Å²) in [6.45, 7) is 38.0. The predicted molar refractivity (Wildman–Crippen MR) is 216 cm³/mol. The van der Waals surface area contributed by atoms with E-state index in [9.17, 15) is 5.11 Å². The van der Waals surface area contributed by atoms with Crippen molar-refractivity contribution in [3.05, 3.63) is 0 Å². The first kappa shape index (κ1) is 53.1. The lowest BCUT2D eigenvalue weighted by Crippen LogP contribution is -2.44. The fraction of sp³-hybridized carbons (Fsp3) is 1.00. The second kappa shape index (κ2) is 35.1. The van der Waals surface area contributed by atoms with Crippen LogP contribution in [0.5, 0.6) is 0 Å². The van der Waals surface area contributed by atoms with Crippen LogP contribution in [0.4, 0.5) is 0 Å². The van der Waals surface area contributed by atoms with E-state index in [2.05, 4.69) is 137 Å². The molecule has 0 saturated carbocycles. The van der Waals surface area contributed by atoms with E-state index in [1.165, 1.54) is 38.6 Å². The van der Waals surface area contributed by atoms with Crippen molar-refractivity contribution < 1.29 is 5.11 Å². The maximum atomic E-state index is 9.18. The van der Waals surface area contributed by atoms with Crippen LogP contribution in [0.15, 0.2) is 0 Å². The first-order chi connectivity index (χ1) is 21.4. The highest BCUT2D eigenvalue weighted by Crippen LogP contribution is 2.18. The summed E-state index contributed by atoms with van der Waals surface area (Å²) in [4.78, 5) is 0.729. The molecule has 0 heterocycles. The van der Waals surface area contributed by atoms with Gasteiger partial charge in [0.25, 0.3) is 0 Å². The Labute approximate surface area is 300 Å². The third-order valence-corrected chi connectivity index (χ3v) is 11.1. The first-order valence-electron chi connectivity index (χ1n) is 19.6. The van der Waals surface area contributed by atoms with E-state index < -0.39 is 0 Å². The largest absolute Gasteiger partial charge is 0.395 e. The lowest BCUT2D eigenvalue weighted by molar-refractivity contribution is 0.219. The summed E-state index contributed by atoms with van der Waals surface area (Å²) in [6.07, 6.45) is 10.8. The Kier molecular flexibility index (Phi) is 40.5. The molecule has 0 aromatic rings. The second-order valence-corrected chi connectivity index (χ2v) is 16.8. The normalized spacial score (nSPS) is 17.3. The molecule has 9 atom stereocenters. The fourth-order valence-corrected chi connectivity index (χ4v) is 5.32. The summed E-state index contributed by atoms with van der Waals surface area (Å²) in [5, 5.41) is 16.2. The molecule has 0 radical (unpaired) electrons. The van der Waals surface area contributed by atoms with Crippen molar-refractivity contribution in [2.75, 3.05) is 19.7 Å². The van der Waals surface area contributed by atoms with E-state index in [1.807, 2.05) is 0 Å². The van der Waals surface area contributed by atoms with Gasteiger partial charge in [0.2, 0.25) is 0 Å². The Morgan fingerprint density at radius 3 is 1.24 bits per heavy atom. The van der Waals surface area contributed by atoms with Gasteiger partial charge in [-0.05, 0) is 86.5 Å². The van der Waals surface area contributed by atoms with Crippen LogP contribution in [0.2, 0.25) is 0 Å². The summed E-state index contributed by atoms with van der Waals surface area (Å²) in [5.41, 5.74) is 11.7. The Morgan fingerprint density at radius 1 is 0.500 bits per heavy atom. The molecule has 9 unspecified atom stereocenters. The highest BCUT2D eigenvalue weighted by atomic mass is 79.9. The molecule has 0 aliphatic heterocycles. The van der Waals surface area contributed by atoms with Crippen molar-refractivity contribution in [1.29, 1.82) is 0 Å². The van der Waals surface area contributed by atoms with Gasteiger partial charge in [0.05, 0.1) is 6.61 Å². The number of aliphatic hydroxyl groups is 1.